The van der Waals surface area contributed by atoms with E-state index in [4.69, 9.17) is 4.74 Å². The number of ether oxygens (including phenoxy) is 1. The van der Waals surface area contributed by atoms with Crippen LogP contribution < -0.4 is 10.1 Å². The largest absolute Gasteiger partial charge is 0.497 e. The third kappa shape index (κ3) is 2.99. The van der Waals surface area contributed by atoms with Gasteiger partial charge < -0.3 is 10.1 Å². The van der Waals surface area contributed by atoms with Crippen molar-refractivity contribution in [3.63, 3.8) is 0 Å². The summed E-state index contributed by atoms with van der Waals surface area (Å²) < 4.78 is 5.52. The standard InChI is InChI=1S/C24H24N2O2/c1-28-20-10-16-4-2-3-5-21(16)22(12-20)17-6-7-18-15-26(19-13-25-14-19)9-8-24(27)23(18)11-17/h2-7,10-12,19,25H,8-9,13-15H2,1H3. The van der Waals surface area contributed by atoms with Crippen LogP contribution in [0.3, 0.4) is 0 Å². The van der Waals surface area contributed by atoms with Gasteiger partial charge in [-0.2, -0.15) is 0 Å². The van der Waals surface area contributed by atoms with Crippen LogP contribution in [0.15, 0.2) is 54.6 Å². The molecule has 4 heteroatoms. The number of Topliss-reactive ketones (excluding diaryl/α,β-unsaturated/α-hetero) is 1. The first-order chi connectivity index (χ1) is 13.7. The summed E-state index contributed by atoms with van der Waals surface area (Å²) in [5.41, 5.74) is 4.19. The van der Waals surface area contributed by atoms with Crippen molar-refractivity contribution in [3.8, 4) is 16.9 Å². The first kappa shape index (κ1) is 17.4. The van der Waals surface area contributed by atoms with Gasteiger partial charge in [0.2, 0.25) is 0 Å². The zero-order valence-corrected chi connectivity index (χ0v) is 16.1. The van der Waals surface area contributed by atoms with Gasteiger partial charge in [-0.05, 0) is 45.7 Å². The lowest BCUT2D eigenvalue weighted by molar-refractivity contribution is 0.0943. The van der Waals surface area contributed by atoms with Crippen LogP contribution in [0.4, 0.5) is 0 Å². The average Bonchev–Trinajstić information content (AvgIpc) is 2.84. The maximum Gasteiger partial charge on any atom is 0.164 e. The molecule has 2 aliphatic heterocycles. The van der Waals surface area contributed by atoms with E-state index in [2.05, 4.69) is 58.7 Å². The van der Waals surface area contributed by atoms with Crippen LogP contribution in [0.2, 0.25) is 0 Å². The highest BCUT2D eigenvalue weighted by Crippen LogP contribution is 2.35. The van der Waals surface area contributed by atoms with E-state index in [1.807, 2.05) is 6.07 Å². The summed E-state index contributed by atoms with van der Waals surface area (Å²) in [5.74, 6) is 1.08. The topological polar surface area (TPSA) is 41.6 Å². The van der Waals surface area contributed by atoms with E-state index in [0.29, 0.717) is 12.5 Å². The molecule has 3 aromatic carbocycles. The minimum Gasteiger partial charge on any atom is -0.497 e. The number of fused-ring (bicyclic) bond motifs is 2. The monoisotopic (exact) mass is 372 g/mol. The highest BCUT2D eigenvalue weighted by atomic mass is 16.5. The zero-order valence-electron chi connectivity index (χ0n) is 16.1. The molecule has 142 valence electrons. The van der Waals surface area contributed by atoms with Crippen LogP contribution in [0.25, 0.3) is 21.9 Å². The average molecular weight is 372 g/mol. The number of hydrogen-bond donors (Lipinski definition) is 1. The second-order valence-corrected chi connectivity index (χ2v) is 7.72. The van der Waals surface area contributed by atoms with Gasteiger partial charge in [0.1, 0.15) is 5.75 Å². The first-order valence-corrected chi connectivity index (χ1v) is 9.91. The van der Waals surface area contributed by atoms with Crippen LogP contribution in [-0.4, -0.2) is 43.5 Å². The van der Waals surface area contributed by atoms with E-state index >= 15 is 0 Å². The zero-order chi connectivity index (χ0) is 19.1. The molecule has 0 amide bonds. The Hall–Kier alpha value is -2.69. The number of methoxy groups -OCH3 is 1. The molecule has 0 aliphatic carbocycles. The van der Waals surface area contributed by atoms with Crippen molar-refractivity contribution in [1.82, 2.24) is 10.2 Å². The summed E-state index contributed by atoms with van der Waals surface area (Å²) in [6.07, 6.45) is 0.589. The van der Waals surface area contributed by atoms with Gasteiger partial charge in [0.05, 0.1) is 7.11 Å². The molecule has 2 aliphatic rings. The van der Waals surface area contributed by atoms with Crippen molar-refractivity contribution in [2.75, 3.05) is 26.7 Å². The number of nitrogens with zero attached hydrogens (tertiary/aromatic N) is 1. The molecule has 0 atom stereocenters. The molecule has 28 heavy (non-hydrogen) atoms. The lowest BCUT2D eigenvalue weighted by atomic mass is 9.93. The Kier molecular flexibility index (Phi) is 4.38. The van der Waals surface area contributed by atoms with E-state index in [9.17, 15) is 4.79 Å². The van der Waals surface area contributed by atoms with Gasteiger partial charge in [-0.25, -0.2) is 0 Å². The number of nitrogens with one attached hydrogen (secondary N) is 1. The van der Waals surface area contributed by atoms with Gasteiger partial charge in [-0.15, -0.1) is 0 Å². The van der Waals surface area contributed by atoms with Crippen molar-refractivity contribution in [2.45, 2.75) is 19.0 Å². The van der Waals surface area contributed by atoms with E-state index in [0.717, 1.165) is 59.6 Å². The summed E-state index contributed by atoms with van der Waals surface area (Å²) in [6.45, 7) is 3.75. The maximum absolute atomic E-state index is 12.9. The van der Waals surface area contributed by atoms with Crippen molar-refractivity contribution < 1.29 is 9.53 Å². The summed E-state index contributed by atoms with van der Waals surface area (Å²) in [5, 5.41) is 5.65. The number of ketones is 1. The smallest absolute Gasteiger partial charge is 0.164 e. The predicted octanol–water partition coefficient (Wildman–Crippen LogP) is 3.88. The normalized spacial score (nSPS) is 17.8. The van der Waals surface area contributed by atoms with Crippen molar-refractivity contribution in [2.24, 2.45) is 0 Å². The second kappa shape index (κ2) is 7.04. The molecule has 0 aromatic heterocycles. The molecule has 1 N–H and O–H groups in total. The number of carbonyl (C=O) groups is 1. The molecule has 2 heterocycles. The minimum atomic E-state index is 0.249. The summed E-state index contributed by atoms with van der Waals surface area (Å²) >= 11 is 0. The SMILES string of the molecule is COc1cc(-c2ccc3c(c2)C(=O)CCN(C2CNC2)C3)c2ccccc2c1. The fraction of sp³-hybridized carbons (Fsp3) is 0.292. The van der Waals surface area contributed by atoms with E-state index in [1.165, 1.54) is 5.39 Å². The number of benzene rings is 3. The van der Waals surface area contributed by atoms with Gasteiger partial charge in [0.15, 0.2) is 5.78 Å². The Bertz CT molecular complexity index is 1060. The Morgan fingerprint density at radius 1 is 1.04 bits per heavy atom. The Balaban J connectivity index is 1.60. The molecule has 1 fully saturated rings. The molecule has 0 spiro atoms. The Morgan fingerprint density at radius 2 is 1.89 bits per heavy atom. The first-order valence-electron chi connectivity index (χ1n) is 9.91. The Labute approximate surface area is 165 Å². The molecule has 1 saturated heterocycles. The van der Waals surface area contributed by atoms with Gasteiger partial charge in [-0.1, -0.05) is 36.4 Å². The highest BCUT2D eigenvalue weighted by molar-refractivity contribution is 6.02. The Morgan fingerprint density at radius 3 is 2.68 bits per heavy atom. The van der Waals surface area contributed by atoms with E-state index in [-0.39, 0.29) is 5.78 Å². The fourth-order valence-electron chi connectivity index (χ4n) is 4.30. The van der Waals surface area contributed by atoms with E-state index in [1.54, 1.807) is 7.11 Å². The minimum absolute atomic E-state index is 0.249. The number of hydrogen-bond acceptors (Lipinski definition) is 4. The predicted molar refractivity (Wildman–Crippen MR) is 112 cm³/mol. The van der Waals surface area contributed by atoms with E-state index < -0.39 is 0 Å². The van der Waals surface area contributed by atoms with Crippen LogP contribution in [0, 0.1) is 0 Å². The van der Waals surface area contributed by atoms with Crippen LogP contribution >= 0.6 is 0 Å². The van der Waals surface area contributed by atoms with Crippen molar-refractivity contribution >= 4 is 16.6 Å². The third-order valence-corrected chi connectivity index (χ3v) is 6.07. The molecule has 0 unspecified atom stereocenters. The van der Waals surface area contributed by atoms with Crippen LogP contribution in [-0.2, 0) is 6.54 Å². The maximum atomic E-state index is 12.9. The fourth-order valence-corrected chi connectivity index (χ4v) is 4.30. The molecule has 3 aromatic rings. The van der Waals surface area contributed by atoms with Crippen molar-refractivity contribution in [3.05, 3.63) is 65.7 Å². The molecular formula is C24H24N2O2. The molecule has 5 rings (SSSR count). The lowest BCUT2D eigenvalue weighted by Crippen LogP contribution is -2.56. The molecular weight excluding hydrogens is 348 g/mol. The molecule has 4 nitrogen and oxygen atoms in total. The van der Waals surface area contributed by atoms with Gasteiger partial charge in [0, 0.05) is 44.2 Å². The molecule has 0 radical (unpaired) electrons. The van der Waals surface area contributed by atoms with Crippen LogP contribution in [0.5, 0.6) is 5.75 Å². The molecule has 0 bridgehead atoms. The summed E-state index contributed by atoms with van der Waals surface area (Å²) in [7, 11) is 1.69. The van der Waals surface area contributed by atoms with Gasteiger partial charge in [0.25, 0.3) is 0 Å². The van der Waals surface area contributed by atoms with Crippen LogP contribution in [0.1, 0.15) is 22.3 Å². The number of carbonyl (C=O) groups excluding carboxylic acids is 1. The van der Waals surface area contributed by atoms with Gasteiger partial charge in [-0.3, -0.25) is 9.69 Å². The summed E-state index contributed by atoms with van der Waals surface area (Å²) in [6, 6.07) is 19.4. The number of rotatable bonds is 3. The lowest BCUT2D eigenvalue weighted by Gasteiger charge is -2.37. The third-order valence-electron chi connectivity index (χ3n) is 6.07. The van der Waals surface area contributed by atoms with Crippen molar-refractivity contribution in [1.29, 1.82) is 0 Å². The quantitative estimate of drug-likeness (QED) is 0.758. The molecule has 0 saturated carbocycles. The van der Waals surface area contributed by atoms with Gasteiger partial charge >= 0.3 is 0 Å². The highest BCUT2D eigenvalue weighted by Gasteiger charge is 2.29. The second-order valence-electron chi connectivity index (χ2n) is 7.72. The summed E-state index contributed by atoms with van der Waals surface area (Å²) in [4.78, 5) is 15.3.